The van der Waals surface area contributed by atoms with E-state index in [1.807, 2.05) is 0 Å². The van der Waals surface area contributed by atoms with Crippen LogP contribution in [-0.2, 0) is 0 Å². The Hall–Kier alpha value is -1.89. The monoisotopic (exact) mass is 217 g/mol. The molecule has 0 atom stereocenters. The number of hydrogen-bond acceptors (Lipinski definition) is 5. The summed E-state index contributed by atoms with van der Waals surface area (Å²) in [5, 5.41) is 20.4. The number of halogens is 1. The third-order valence-corrected chi connectivity index (χ3v) is 1.89. The first-order valence-corrected chi connectivity index (χ1v) is 3.69. The van der Waals surface area contributed by atoms with Crippen molar-refractivity contribution in [3.05, 3.63) is 37.4 Å². The molecule has 0 aromatic heterocycles. The molecule has 1 rings (SSSR count). The smallest absolute Gasteiger partial charge is 0.296 e. The number of nitrogens with two attached hydrogens (primary N) is 1. The fourth-order valence-electron chi connectivity index (χ4n) is 0.854. The van der Waals surface area contributed by atoms with E-state index in [2.05, 4.69) is 0 Å². The van der Waals surface area contributed by atoms with Gasteiger partial charge in [0.1, 0.15) is 5.02 Å². The summed E-state index contributed by atoms with van der Waals surface area (Å²) in [7, 11) is 0. The minimum atomic E-state index is -0.828. The summed E-state index contributed by atoms with van der Waals surface area (Å²) in [6.45, 7) is 0. The third kappa shape index (κ3) is 1.72. The van der Waals surface area contributed by atoms with Gasteiger partial charge < -0.3 is 5.73 Å². The molecular weight excluding hydrogens is 214 g/mol. The van der Waals surface area contributed by atoms with Crippen LogP contribution in [0.4, 0.5) is 17.1 Å². The molecule has 0 aliphatic carbocycles. The number of benzene rings is 1. The first-order valence-electron chi connectivity index (χ1n) is 3.31. The zero-order valence-electron chi connectivity index (χ0n) is 6.64. The van der Waals surface area contributed by atoms with Crippen LogP contribution in [0.15, 0.2) is 12.1 Å². The van der Waals surface area contributed by atoms with E-state index in [9.17, 15) is 20.2 Å². The molecule has 74 valence electrons. The Morgan fingerprint density at radius 1 is 1.21 bits per heavy atom. The van der Waals surface area contributed by atoms with Crippen LogP contribution in [-0.4, -0.2) is 9.85 Å². The molecule has 1 aromatic rings. The maximum absolute atomic E-state index is 10.4. The van der Waals surface area contributed by atoms with Crippen LogP contribution < -0.4 is 5.73 Å². The molecule has 8 heteroatoms. The van der Waals surface area contributed by atoms with E-state index in [0.717, 1.165) is 12.1 Å². The lowest BCUT2D eigenvalue weighted by Crippen LogP contribution is -1.97. The molecule has 0 heterocycles. The molecule has 1 aromatic carbocycles. The number of nitrogen functional groups attached to an aromatic ring is 1. The topological polar surface area (TPSA) is 112 Å². The number of nitro groups is 2. The average molecular weight is 218 g/mol. The largest absolute Gasteiger partial charge is 0.397 e. The molecule has 0 aliphatic rings. The van der Waals surface area contributed by atoms with Gasteiger partial charge in [-0.3, -0.25) is 20.2 Å². The van der Waals surface area contributed by atoms with Crippen LogP contribution in [0, 0.1) is 20.2 Å². The first kappa shape index (κ1) is 10.2. The summed E-state index contributed by atoms with van der Waals surface area (Å²) >= 11 is 5.48. The van der Waals surface area contributed by atoms with Gasteiger partial charge in [0.05, 0.1) is 21.6 Å². The van der Waals surface area contributed by atoms with Crippen molar-refractivity contribution in [2.24, 2.45) is 0 Å². The van der Waals surface area contributed by atoms with Crippen molar-refractivity contribution >= 4 is 28.7 Å². The fourth-order valence-corrected chi connectivity index (χ4v) is 1.03. The molecule has 0 fully saturated rings. The summed E-state index contributed by atoms with van der Waals surface area (Å²) < 4.78 is 0. The van der Waals surface area contributed by atoms with Gasteiger partial charge in [-0.1, -0.05) is 11.6 Å². The quantitative estimate of drug-likeness (QED) is 0.460. The SMILES string of the molecule is Nc1cc([N+](=O)[O-])cc([N+](=O)[O-])c1Cl. The highest BCUT2D eigenvalue weighted by molar-refractivity contribution is 6.35. The van der Waals surface area contributed by atoms with Gasteiger partial charge in [-0.2, -0.15) is 0 Å². The summed E-state index contributed by atoms with van der Waals surface area (Å²) in [6.07, 6.45) is 0. The second-order valence-corrected chi connectivity index (χ2v) is 2.76. The van der Waals surface area contributed by atoms with Gasteiger partial charge in [-0.25, -0.2) is 0 Å². The lowest BCUT2D eigenvalue weighted by molar-refractivity contribution is -0.394. The second kappa shape index (κ2) is 3.46. The first-order chi connectivity index (χ1) is 6.43. The lowest BCUT2D eigenvalue weighted by Gasteiger charge is -1.99. The van der Waals surface area contributed by atoms with Gasteiger partial charge in [-0.05, 0) is 0 Å². The predicted octanol–water partition coefficient (Wildman–Crippen LogP) is 1.74. The van der Waals surface area contributed by atoms with Crippen molar-refractivity contribution < 1.29 is 9.85 Å². The van der Waals surface area contributed by atoms with Crippen molar-refractivity contribution in [3.8, 4) is 0 Å². The van der Waals surface area contributed by atoms with E-state index in [1.54, 1.807) is 0 Å². The van der Waals surface area contributed by atoms with Gasteiger partial charge in [-0.15, -0.1) is 0 Å². The Labute approximate surface area is 82.4 Å². The molecule has 0 saturated carbocycles. The third-order valence-electron chi connectivity index (χ3n) is 1.47. The normalized spacial score (nSPS) is 9.79. The second-order valence-electron chi connectivity index (χ2n) is 2.38. The van der Waals surface area contributed by atoms with Crippen LogP contribution in [0.2, 0.25) is 5.02 Å². The Kier molecular flexibility index (Phi) is 2.52. The van der Waals surface area contributed by atoms with Crippen LogP contribution in [0.1, 0.15) is 0 Å². The molecule has 2 N–H and O–H groups in total. The summed E-state index contributed by atoms with van der Waals surface area (Å²) in [5.74, 6) is 0. The molecule has 14 heavy (non-hydrogen) atoms. The minimum absolute atomic E-state index is 0.187. The van der Waals surface area contributed by atoms with Crippen LogP contribution in [0.3, 0.4) is 0 Å². The van der Waals surface area contributed by atoms with Crippen molar-refractivity contribution in [2.45, 2.75) is 0 Å². The highest BCUT2D eigenvalue weighted by Crippen LogP contribution is 2.34. The van der Waals surface area contributed by atoms with Gasteiger partial charge in [0.25, 0.3) is 11.4 Å². The molecule has 0 radical (unpaired) electrons. The Morgan fingerprint density at radius 2 is 1.79 bits per heavy atom. The standard InChI is InChI=1S/C6H4ClN3O4/c7-6-4(8)1-3(9(11)12)2-5(6)10(13)14/h1-2H,8H2. The minimum Gasteiger partial charge on any atom is -0.397 e. The van der Waals surface area contributed by atoms with E-state index in [4.69, 9.17) is 17.3 Å². The van der Waals surface area contributed by atoms with Gasteiger partial charge in [0, 0.05) is 6.07 Å². The van der Waals surface area contributed by atoms with E-state index >= 15 is 0 Å². The molecule has 0 saturated heterocycles. The highest BCUT2D eigenvalue weighted by atomic mass is 35.5. The Balaban J connectivity index is 3.43. The van der Waals surface area contributed by atoms with Crippen LogP contribution >= 0.6 is 11.6 Å². The number of rotatable bonds is 2. The zero-order chi connectivity index (χ0) is 10.9. The summed E-state index contributed by atoms with van der Waals surface area (Å²) in [4.78, 5) is 19.1. The molecule has 0 amide bonds. The summed E-state index contributed by atoms with van der Waals surface area (Å²) in [6, 6.07) is 1.73. The maximum Gasteiger partial charge on any atom is 0.296 e. The average Bonchev–Trinajstić information content (AvgIpc) is 2.08. The van der Waals surface area contributed by atoms with Gasteiger partial charge >= 0.3 is 0 Å². The molecule has 0 aliphatic heterocycles. The Morgan fingerprint density at radius 3 is 2.21 bits per heavy atom. The van der Waals surface area contributed by atoms with Crippen molar-refractivity contribution in [1.29, 1.82) is 0 Å². The van der Waals surface area contributed by atoms with Crippen LogP contribution in [0.25, 0.3) is 0 Å². The van der Waals surface area contributed by atoms with Gasteiger partial charge in [0.2, 0.25) is 0 Å². The molecule has 0 bridgehead atoms. The van der Waals surface area contributed by atoms with Crippen molar-refractivity contribution in [3.63, 3.8) is 0 Å². The van der Waals surface area contributed by atoms with E-state index in [-0.39, 0.29) is 10.7 Å². The highest BCUT2D eigenvalue weighted by Gasteiger charge is 2.21. The zero-order valence-corrected chi connectivity index (χ0v) is 7.39. The van der Waals surface area contributed by atoms with E-state index < -0.39 is 21.2 Å². The van der Waals surface area contributed by atoms with Gasteiger partial charge in [0.15, 0.2) is 0 Å². The van der Waals surface area contributed by atoms with Crippen LogP contribution in [0.5, 0.6) is 0 Å². The molecule has 0 spiro atoms. The van der Waals surface area contributed by atoms with Crippen molar-refractivity contribution in [1.82, 2.24) is 0 Å². The summed E-state index contributed by atoms with van der Waals surface area (Å²) in [5.41, 5.74) is 4.04. The number of non-ortho nitro benzene ring substituents is 1. The lowest BCUT2D eigenvalue weighted by atomic mass is 10.2. The molecule has 0 unspecified atom stereocenters. The predicted molar refractivity (Wildman–Crippen MR) is 49.2 cm³/mol. The number of hydrogen-bond donors (Lipinski definition) is 1. The molecular formula is C6H4ClN3O4. The van der Waals surface area contributed by atoms with Crippen molar-refractivity contribution in [2.75, 3.05) is 5.73 Å². The number of nitrogens with zero attached hydrogens (tertiary/aromatic N) is 2. The number of nitro benzene ring substituents is 2. The van der Waals surface area contributed by atoms with E-state index in [1.165, 1.54) is 0 Å². The molecule has 7 nitrogen and oxygen atoms in total. The Bertz CT molecular complexity index is 420. The fraction of sp³-hybridized carbons (Fsp3) is 0. The maximum atomic E-state index is 10.4. The number of anilines is 1. The van der Waals surface area contributed by atoms with E-state index in [0.29, 0.717) is 0 Å².